The minimum Gasteiger partial charge on any atom is -0.225 e. The molecule has 1 aromatic rings. The van der Waals surface area contributed by atoms with Gasteiger partial charge >= 0.3 is 0 Å². The predicted molar refractivity (Wildman–Crippen MR) is 51.5 cm³/mol. The second-order valence-corrected chi connectivity index (χ2v) is 1.76. The minimum absolute atomic E-state index is 0.280. The molecule has 0 fully saturated rings. The van der Waals surface area contributed by atoms with Crippen molar-refractivity contribution < 1.29 is 8.78 Å². The van der Waals surface area contributed by atoms with Crippen molar-refractivity contribution >= 4 is 0 Å². The third kappa shape index (κ3) is 5.96. The van der Waals surface area contributed by atoms with Gasteiger partial charge in [0, 0.05) is 0 Å². The monoisotopic (exact) mass is 187 g/mol. The fourth-order valence-electron chi connectivity index (χ4n) is 0.505. The normalized spacial score (nSPS) is 7.46. The van der Waals surface area contributed by atoms with Crippen molar-refractivity contribution in [2.75, 3.05) is 0 Å². The van der Waals surface area contributed by atoms with Crippen LogP contribution >= 0.6 is 0 Å². The number of hydrogen-bond acceptors (Lipinski definition) is 1. The maximum Gasteiger partial charge on any atom is 0.213 e. The van der Waals surface area contributed by atoms with E-state index >= 15 is 0 Å². The third-order valence-corrected chi connectivity index (χ3v) is 1.01. The number of aryl methyl sites for hydroxylation is 1. The van der Waals surface area contributed by atoms with Crippen molar-refractivity contribution in [2.24, 2.45) is 0 Å². The molecule has 0 saturated heterocycles. The highest BCUT2D eigenvalue weighted by molar-refractivity contribution is 5.10. The Morgan fingerprint density at radius 1 is 1.23 bits per heavy atom. The van der Waals surface area contributed by atoms with Crippen LogP contribution < -0.4 is 0 Å². The van der Waals surface area contributed by atoms with Gasteiger partial charge in [-0.3, -0.25) is 0 Å². The van der Waals surface area contributed by atoms with Crippen molar-refractivity contribution in [2.45, 2.75) is 20.8 Å². The van der Waals surface area contributed by atoms with Crippen molar-refractivity contribution in [3.8, 4) is 0 Å². The molecule has 1 rings (SSSR count). The van der Waals surface area contributed by atoms with E-state index in [0.29, 0.717) is 0 Å². The van der Waals surface area contributed by atoms with E-state index in [0.717, 1.165) is 12.3 Å². The lowest BCUT2D eigenvalue weighted by molar-refractivity contribution is 0.554. The Labute approximate surface area is 78.1 Å². The fourth-order valence-corrected chi connectivity index (χ4v) is 0.505. The van der Waals surface area contributed by atoms with E-state index in [4.69, 9.17) is 0 Å². The molecule has 1 nitrogen and oxygen atoms in total. The van der Waals surface area contributed by atoms with Crippen molar-refractivity contribution in [3.05, 3.63) is 42.7 Å². The summed E-state index contributed by atoms with van der Waals surface area (Å²) in [4.78, 5) is 3.10. The Balaban J connectivity index is 0. The van der Waals surface area contributed by atoms with E-state index in [-0.39, 0.29) is 5.56 Å². The Kier molecular flexibility index (Phi) is 9.72. The van der Waals surface area contributed by atoms with Crippen molar-refractivity contribution in [1.82, 2.24) is 4.98 Å². The molecule has 1 heterocycles. The highest BCUT2D eigenvalue weighted by atomic mass is 19.1. The smallest absolute Gasteiger partial charge is 0.213 e. The summed E-state index contributed by atoms with van der Waals surface area (Å²) >= 11 is 0. The van der Waals surface area contributed by atoms with Gasteiger partial charge in [0.2, 0.25) is 5.95 Å². The average molecular weight is 187 g/mol. The molecule has 0 aliphatic carbocycles. The largest absolute Gasteiger partial charge is 0.225 e. The Bertz CT molecular complexity index is 236. The van der Waals surface area contributed by atoms with Gasteiger partial charge in [0.25, 0.3) is 0 Å². The third-order valence-electron chi connectivity index (χ3n) is 1.01. The molecule has 0 amide bonds. The van der Waals surface area contributed by atoms with Gasteiger partial charge in [-0.15, -0.1) is 13.2 Å². The maximum absolute atomic E-state index is 12.3. The van der Waals surface area contributed by atoms with Crippen LogP contribution in [0.2, 0.25) is 0 Å². The van der Waals surface area contributed by atoms with Crippen LogP contribution in [0.1, 0.15) is 19.4 Å². The van der Waals surface area contributed by atoms with Crippen LogP contribution in [0.15, 0.2) is 25.4 Å². The van der Waals surface area contributed by atoms with Crippen molar-refractivity contribution in [1.29, 1.82) is 0 Å². The van der Waals surface area contributed by atoms with Crippen molar-refractivity contribution in [3.63, 3.8) is 0 Å². The van der Waals surface area contributed by atoms with Gasteiger partial charge in [0.1, 0.15) is 5.82 Å². The Hall–Kier alpha value is -1.25. The molecular weight excluding hydrogens is 172 g/mol. The quantitative estimate of drug-likeness (QED) is 0.447. The summed E-state index contributed by atoms with van der Waals surface area (Å²) in [5.41, 5.74) is 0.280. The van der Waals surface area contributed by atoms with Gasteiger partial charge in [0.15, 0.2) is 0 Å². The van der Waals surface area contributed by atoms with E-state index in [1.54, 1.807) is 0 Å². The summed E-state index contributed by atoms with van der Waals surface area (Å²) in [7, 11) is 0. The summed E-state index contributed by atoms with van der Waals surface area (Å²) in [5.74, 6) is -1.12. The average Bonchev–Trinajstić information content (AvgIpc) is 2.18. The molecule has 0 N–H and O–H groups in total. The van der Waals surface area contributed by atoms with Crippen LogP contribution in [-0.2, 0) is 0 Å². The fraction of sp³-hybridized carbons (Fsp3) is 0.300. The van der Waals surface area contributed by atoms with Gasteiger partial charge < -0.3 is 0 Å². The van der Waals surface area contributed by atoms with Gasteiger partial charge in [-0.05, 0) is 18.6 Å². The zero-order chi connectivity index (χ0) is 10.9. The lowest BCUT2D eigenvalue weighted by Gasteiger charge is -1.91. The molecular formula is C10H15F2N. The molecule has 3 heteroatoms. The molecule has 0 aromatic carbocycles. The van der Waals surface area contributed by atoms with E-state index < -0.39 is 11.8 Å². The van der Waals surface area contributed by atoms with E-state index in [1.165, 1.54) is 6.92 Å². The zero-order valence-corrected chi connectivity index (χ0v) is 8.27. The number of nitrogens with zero attached hydrogens (tertiary/aromatic N) is 1. The predicted octanol–water partition coefficient (Wildman–Crippen LogP) is 3.50. The van der Waals surface area contributed by atoms with Crippen LogP contribution in [0.4, 0.5) is 8.78 Å². The SMILES string of the molecule is C=C.CC.Cc1cc(F)ncc1F. The molecule has 0 radical (unpaired) electrons. The number of aromatic nitrogens is 1. The van der Waals surface area contributed by atoms with Crippen LogP contribution in [0, 0.1) is 18.7 Å². The molecule has 13 heavy (non-hydrogen) atoms. The molecule has 0 atom stereocenters. The summed E-state index contributed by atoms with van der Waals surface area (Å²) in [6.45, 7) is 11.5. The summed E-state index contributed by atoms with van der Waals surface area (Å²) in [6.07, 6.45) is 0.866. The highest BCUT2D eigenvalue weighted by Crippen LogP contribution is 2.03. The first-order valence-electron chi connectivity index (χ1n) is 3.98. The standard InChI is InChI=1S/C6H5F2N.C2H6.C2H4/c1-4-2-6(8)9-3-5(4)7;2*1-2/h2-3H,1H3;1-2H3;1-2H2. The van der Waals surface area contributed by atoms with E-state index in [2.05, 4.69) is 18.1 Å². The molecule has 0 saturated carbocycles. The van der Waals surface area contributed by atoms with Crippen LogP contribution in [0.3, 0.4) is 0 Å². The van der Waals surface area contributed by atoms with Gasteiger partial charge in [-0.25, -0.2) is 9.37 Å². The zero-order valence-electron chi connectivity index (χ0n) is 8.27. The second kappa shape index (κ2) is 8.84. The Morgan fingerprint density at radius 2 is 1.69 bits per heavy atom. The number of rotatable bonds is 0. The summed E-state index contributed by atoms with van der Waals surface area (Å²) in [6, 6.07) is 1.05. The molecule has 0 unspecified atom stereocenters. The first-order valence-corrected chi connectivity index (χ1v) is 3.98. The van der Waals surface area contributed by atoms with Crippen LogP contribution in [-0.4, -0.2) is 4.98 Å². The number of halogens is 2. The first-order chi connectivity index (χ1) is 6.20. The molecule has 0 bridgehead atoms. The lowest BCUT2D eigenvalue weighted by Crippen LogP contribution is -1.87. The molecule has 1 aromatic heterocycles. The topological polar surface area (TPSA) is 12.9 Å². The van der Waals surface area contributed by atoms with Gasteiger partial charge in [-0.2, -0.15) is 4.39 Å². The Morgan fingerprint density at radius 3 is 2.00 bits per heavy atom. The molecule has 74 valence electrons. The lowest BCUT2D eigenvalue weighted by atomic mass is 10.3. The molecule has 0 aliphatic heterocycles. The second-order valence-electron chi connectivity index (χ2n) is 1.76. The molecule has 0 aliphatic rings. The van der Waals surface area contributed by atoms with Gasteiger partial charge in [0.05, 0.1) is 6.20 Å². The summed E-state index contributed by atoms with van der Waals surface area (Å²) < 4.78 is 24.3. The maximum atomic E-state index is 12.3. The van der Waals surface area contributed by atoms with Crippen LogP contribution in [0.25, 0.3) is 0 Å². The van der Waals surface area contributed by atoms with Crippen LogP contribution in [0.5, 0.6) is 0 Å². The minimum atomic E-state index is -0.645. The van der Waals surface area contributed by atoms with E-state index in [9.17, 15) is 8.78 Å². The number of pyridine rings is 1. The first kappa shape index (κ1) is 14.3. The number of hydrogen-bond donors (Lipinski definition) is 0. The molecule has 0 spiro atoms. The van der Waals surface area contributed by atoms with E-state index in [1.807, 2.05) is 13.8 Å². The highest BCUT2D eigenvalue weighted by Gasteiger charge is 1.96. The van der Waals surface area contributed by atoms with Gasteiger partial charge in [-0.1, -0.05) is 13.8 Å². The summed E-state index contributed by atoms with van der Waals surface area (Å²) in [5, 5.41) is 0.